The standard InChI is InChI=1S/C15H18N2O2/c16-12-13-6-1-2-7-14(13)19-11-5-10-17-9-4-3-8-15(17)18/h1-4,6-9H,5,10-12,16H2. The molecule has 2 aromatic rings. The fourth-order valence-electron chi connectivity index (χ4n) is 1.88. The Bertz CT molecular complexity index is 578. The number of rotatable bonds is 6. The van der Waals surface area contributed by atoms with Crippen molar-refractivity contribution in [2.24, 2.45) is 5.73 Å². The molecule has 0 fully saturated rings. The average Bonchev–Trinajstić information content (AvgIpc) is 2.45. The van der Waals surface area contributed by atoms with Gasteiger partial charge in [0, 0.05) is 30.9 Å². The second-order valence-corrected chi connectivity index (χ2v) is 4.25. The molecule has 0 saturated carbocycles. The van der Waals surface area contributed by atoms with Crippen LogP contribution in [0.4, 0.5) is 0 Å². The van der Waals surface area contributed by atoms with Gasteiger partial charge < -0.3 is 15.0 Å². The van der Waals surface area contributed by atoms with Crippen molar-refractivity contribution < 1.29 is 4.74 Å². The quantitative estimate of drug-likeness (QED) is 0.803. The summed E-state index contributed by atoms with van der Waals surface area (Å²) in [4.78, 5) is 11.5. The third-order valence-electron chi connectivity index (χ3n) is 2.89. The van der Waals surface area contributed by atoms with Crippen LogP contribution in [-0.2, 0) is 13.1 Å². The Kier molecular flexibility index (Phi) is 4.75. The highest BCUT2D eigenvalue weighted by Gasteiger charge is 2.00. The molecule has 1 heterocycles. The molecular formula is C15H18N2O2. The zero-order valence-corrected chi connectivity index (χ0v) is 10.8. The number of nitrogens with two attached hydrogens (primary N) is 1. The molecule has 0 saturated heterocycles. The molecule has 0 unspecified atom stereocenters. The minimum Gasteiger partial charge on any atom is -0.493 e. The molecule has 2 N–H and O–H groups in total. The van der Waals surface area contributed by atoms with Gasteiger partial charge in [0.1, 0.15) is 5.75 Å². The molecule has 0 atom stereocenters. The van der Waals surface area contributed by atoms with Crippen molar-refractivity contribution in [3.8, 4) is 5.75 Å². The van der Waals surface area contributed by atoms with Gasteiger partial charge in [-0.05, 0) is 18.6 Å². The molecule has 0 aliphatic rings. The molecule has 2 rings (SSSR count). The number of para-hydroxylation sites is 1. The lowest BCUT2D eigenvalue weighted by Crippen LogP contribution is -2.19. The van der Waals surface area contributed by atoms with Gasteiger partial charge in [-0.15, -0.1) is 0 Å². The van der Waals surface area contributed by atoms with Crippen molar-refractivity contribution in [1.82, 2.24) is 4.57 Å². The lowest BCUT2D eigenvalue weighted by molar-refractivity contribution is 0.298. The van der Waals surface area contributed by atoms with E-state index in [4.69, 9.17) is 10.5 Å². The van der Waals surface area contributed by atoms with E-state index in [1.54, 1.807) is 22.9 Å². The van der Waals surface area contributed by atoms with Crippen LogP contribution in [0.5, 0.6) is 5.75 Å². The van der Waals surface area contributed by atoms with E-state index in [1.807, 2.05) is 30.3 Å². The Labute approximate surface area is 112 Å². The summed E-state index contributed by atoms with van der Waals surface area (Å²) in [5.41, 5.74) is 6.66. The summed E-state index contributed by atoms with van der Waals surface area (Å²) in [5.74, 6) is 0.824. The summed E-state index contributed by atoms with van der Waals surface area (Å²) in [6.45, 7) is 1.69. The van der Waals surface area contributed by atoms with E-state index in [9.17, 15) is 4.79 Å². The normalized spacial score (nSPS) is 10.4. The number of benzene rings is 1. The molecule has 1 aromatic heterocycles. The Morgan fingerprint density at radius 3 is 2.68 bits per heavy atom. The summed E-state index contributed by atoms with van der Waals surface area (Å²) >= 11 is 0. The average molecular weight is 258 g/mol. The van der Waals surface area contributed by atoms with Crippen LogP contribution in [-0.4, -0.2) is 11.2 Å². The predicted molar refractivity (Wildman–Crippen MR) is 75.1 cm³/mol. The second kappa shape index (κ2) is 6.75. The van der Waals surface area contributed by atoms with Gasteiger partial charge >= 0.3 is 0 Å². The molecule has 0 amide bonds. The van der Waals surface area contributed by atoms with E-state index in [1.165, 1.54) is 0 Å². The fourth-order valence-corrected chi connectivity index (χ4v) is 1.88. The lowest BCUT2D eigenvalue weighted by Gasteiger charge is -2.10. The molecule has 100 valence electrons. The molecule has 0 aliphatic heterocycles. The van der Waals surface area contributed by atoms with Crippen LogP contribution < -0.4 is 16.0 Å². The first kappa shape index (κ1) is 13.4. The number of aromatic nitrogens is 1. The Balaban J connectivity index is 1.84. The first-order valence-corrected chi connectivity index (χ1v) is 6.37. The minimum atomic E-state index is 0.0184. The van der Waals surface area contributed by atoms with E-state index in [2.05, 4.69) is 0 Å². The van der Waals surface area contributed by atoms with Crippen LogP contribution in [0.15, 0.2) is 53.5 Å². The summed E-state index contributed by atoms with van der Waals surface area (Å²) in [5, 5.41) is 0. The number of nitrogens with zero attached hydrogens (tertiary/aromatic N) is 1. The third kappa shape index (κ3) is 3.69. The maximum absolute atomic E-state index is 11.5. The summed E-state index contributed by atoms with van der Waals surface area (Å²) < 4.78 is 7.37. The number of hydrogen-bond acceptors (Lipinski definition) is 3. The smallest absolute Gasteiger partial charge is 0.250 e. The van der Waals surface area contributed by atoms with Crippen LogP contribution in [0.3, 0.4) is 0 Å². The van der Waals surface area contributed by atoms with Crippen molar-refractivity contribution in [2.45, 2.75) is 19.5 Å². The number of ether oxygens (including phenoxy) is 1. The van der Waals surface area contributed by atoms with E-state index in [0.717, 1.165) is 17.7 Å². The first-order chi connectivity index (χ1) is 9.31. The van der Waals surface area contributed by atoms with Gasteiger partial charge in [0.25, 0.3) is 0 Å². The van der Waals surface area contributed by atoms with Crippen molar-refractivity contribution in [1.29, 1.82) is 0 Å². The molecular weight excluding hydrogens is 240 g/mol. The van der Waals surface area contributed by atoms with Crippen molar-refractivity contribution in [3.05, 3.63) is 64.6 Å². The number of pyridine rings is 1. The molecule has 19 heavy (non-hydrogen) atoms. The van der Waals surface area contributed by atoms with Gasteiger partial charge in [-0.25, -0.2) is 0 Å². The van der Waals surface area contributed by atoms with Gasteiger partial charge in [0.15, 0.2) is 0 Å². The number of hydrogen-bond donors (Lipinski definition) is 1. The van der Waals surface area contributed by atoms with Crippen molar-refractivity contribution in [3.63, 3.8) is 0 Å². The molecule has 4 nitrogen and oxygen atoms in total. The van der Waals surface area contributed by atoms with Gasteiger partial charge in [0.2, 0.25) is 5.56 Å². The lowest BCUT2D eigenvalue weighted by atomic mass is 10.2. The summed E-state index contributed by atoms with van der Waals surface area (Å²) in [7, 11) is 0. The predicted octanol–water partition coefficient (Wildman–Crippen LogP) is 1.78. The fraction of sp³-hybridized carbons (Fsp3) is 0.267. The van der Waals surface area contributed by atoms with Crippen LogP contribution in [0.25, 0.3) is 0 Å². The van der Waals surface area contributed by atoms with Gasteiger partial charge in [-0.2, -0.15) is 0 Å². The molecule has 0 bridgehead atoms. The van der Waals surface area contributed by atoms with Crippen LogP contribution >= 0.6 is 0 Å². The maximum Gasteiger partial charge on any atom is 0.250 e. The number of aryl methyl sites for hydroxylation is 1. The van der Waals surface area contributed by atoms with E-state index in [-0.39, 0.29) is 5.56 Å². The maximum atomic E-state index is 11.5. The SMILES string of the molecule is NCc1ccccc1OCCCn1ccccc1=O. The summed E-state index contributed by atoms with van der Waals surface area (Å²) in [6, 6.07) is 12.9. The van der Waals surface area contributed by atoms with Gasteiger partial charge in [0.05, 0.1) is 6.61 Å². The second-order valence-electron chi connectivity index (χ2n) is 4.25. The van der Waals surface area contributed by atoms with E-state index >= 15 is 0 Å². The summed E-state index contributed by atoms with van der Waals surface area (Å²) in [6.07, 6.45) is 2.57. The topological polar surface area (TPSA) is 57.2 Å². The van der Waals surface area contributed by atoms with E-state index < -0.39 is 0 Å². The van der Waals surface area contributed by atoms with Crippen molar-refractivity contribution >= 4 is 0 Å². The minimum absolute atomic E-state index is 0.0184. The Morgan fingerprint density at radius 2 is 1.89 bits per heavy atom. The van der Waals surface area contributed by atoms with E-state index in [0.29, 0.717) is 19.7 Å². The van der Waals surface area contributed by atoms with Crippen LogP contribution in [0, 0.1) is 0 Å². The molecule has 0 spiro atoms. The zero-order chi connectivity index (χ0) is 13.5. The van der Waals surface area contributed by atoms with Crippen molar-refractivity contribution in [2.75, 3.05) is 6.61 Å². The third-order valence-corrected chi connectivity index (χ3v) is 2.89. The molecule has 0 radical (unpaired) electrons. The Hall–Kier alpha value is -2.07. The van der Waals surface area contributed by atoms with Gasteiger partial charge in [-0.3, -0.25) is 4.79 Å². The highest BCUT2D eigenvalue weighted by atomic mass is 16.5. The van der Waals surface area contributed by atoms with Gasteiger partial charge in [-0.1, -0.05) is 24.3 Å². The highest BCUT2D eigenvalue weighted by Crippen LogP contribution is 2.17. The van der Waals surface area contributed by atoms with Crippen LogP contribution in [0.1, 0.15) is 12.0 Å². The molecule has 0 aliphatic carbocycles. The zero-order valence-electron chi connectivity index (χ0n) is 10.8. The monoisotopic (exact) mass is 258 g/mol. The first-order valence-electron chi connectivity index (χ1n) is 6.37. The molecule has 1 aromatic carbocycles. The van der Waals surface area contributed by atoms with Crippen LogP contribution in [0.2, 0.25) is 0 Å². The highest BCUT2D eigenvalue weighted by molar-refractivity contribution is 5.32. The largest absolute Gasteiger partial charge is 0.493 e. The Morgan fingerprint density at radius 1 is 1.11 bits per heavy atom. The molecule has 4 heteroatoms.